The third kappa shape index (κ3) is 3.66. The van der Waals surface area contributed by atoms with Gasteiger partial charge < -0.3 is 9.88 Å². The highest BCUT2D eigenvalue weighted by molar-refractivity contribution is 5.85. The van der Waals surface area contributed by atoms with Crippen LogP contribution in [0.2, 0.25) is 0 Å². The zero-order valence-electron chi connectivity index (χ0n) is 18.2. The van der Waals surface area contributed by atoms with E-state index in [4.69, 9.17) is 4.98 Å². The Morgan fingerprint density at radius 3 is 2.53 bits per heavy atom. The van der Waals surface area contributed by atoms with E-state index in [1.807, 2.05) is 43.4 Å². The van der Waals surface area contributed by atoms with E-state index in [-0.39, 0.29) is 11.9 Å². The van der Waals surface area contributed by atoms with Gasteiger partial charge in [-0.3, -0.25) is 4.79 Å². The number of benzene rings is 2. The number of hydrogen-bond acceptors (Lipinski definition) is 5. The fraction of sp³-hybridized carbons (Fsp3) is 0.375. The van der Waals surface area contributed by atoms with Crippen LogP contribution in [0, 0.1) is 0 Å². The van der Waals surface area contributed by atoms with Crippen molar-refractivity contribution in [3.05, 3.63) is 72.3 Å². The van der Waals surface area contributed by atoms with Gasteiger partial charge in [-0.1, -0.05) is 61.7 Å². The largest absolute Gasteiger partial charge is 0.344 e. The fourth-order valence-corrected chi connectivity index (χ4v) is 4.88. The first-order valence-corrected chi connectivity index (χ1v) is 11.2. The van der Waals surface area contributed by atoms with Crippen molar-refractivity contribution in [3.8, 4) is 0 Å². The number of fused-ring (bicyclic) bond motifs is 1. The summed E-state index contributed by atoms with van der Waals surface area (Å²) in [4.78, 5) is 18.7. The van der Waals surface area contributed by atoms with E-state index in [0.29, 0.717) is 6.42 Å². The molecule has 0 bridgehead atoms. The van der Waals surface area contributed by atoms with Crippen molar-refractivity contribution in [1.29, 1.82) is 0 Å². The average molecular weight is 430 g/mol. The van der Waals surface area contributed by atoms with Gasteiger partial charge in [0.15, 0.2) is 0 Å². The molecule has 2 heterocycles. The number of aryl methyl sites for hydroxylation is 1. The molecule has 1 saturated carbocycles. The number of carbonyl (C=O) groups excluding carboxylic acids is 1. The van der Waals surface area contributed by atoms with Crippen molar-refractivity contribution >= 4 is 16.9 Å². The number of hydrogen-bond donors (Lipinski definition) is 1. The Balaban J connectivity index is 1.52. The number of aromatic nitrogens is 6. The summed E-state index contributed by atoms with van der Waals surface area (Å²) in [5.41, 5.74) is 2.35. The number of carbonyl (C=O) groups is 1. The number of nitrogens with zero attached hydrogens (tertiary/aromatic N) is 6. The maximum Gasteiger partial charge on any atom is 0.248 e. The number of nitrogens with one attached hydrogen (secondary N) is 1. The van der Waals surface area contributed by atoms with Crippen LogP contribution in [-0.2, 0) is 23.8 Å². The Hall–Kier alpha value is -3.55. The van der Waals surface area contributed by atoms with E-state index in [1.54, 1.807) is 11.0 Å². The van der Waals surface area contributed by atoms with E-state index < -0.39 is 5.54 Å². The topological polar surface area (TPSA) is 90.5 Å². The first-order chi connectivity index (χ1) is 15.7. The monoisotopic (exact) mass is 429 g/mol. The van der Waals surface area contributed by atoms with Crippen LogP contribution in [0.15, 0.2) is 60.9 Å². The van der Waals surface area contributed by atoms with Crippen LogP contribution in [0.25, 0.3) is 11.0 Å². The van der Waals surface area contributed by atoms with Gasteiger partial charge >= 0.3 is 0 Å². The summed E-state index contributed by atoms with van der Waals surface area (Å²) in [6.07, 6.45) is 6.73. The second-order valence-corrected chi connectivity index (χ2v) is 8.58. The lowest BCUT2D eigenvalue weighted by Gasteiger charge is -2.36. The summed E-state index contributed by atoms with van der Waals surface area (Å²) in [5.74, 6) is 0.795. The molecule has 164 valence electrons. The second kappa shape index (κ2) is 8.53. The lowest BCUT2D eigenvalue weighted by Crippen LogP contribution is -2.51. The van der Waals surface area contributed by atoms with Crippen molar-refractivity contribution in [1.82, 2.24) is 35.1 Å². The van der Waals surface area contributed by atoms with Gasteiger partial charge in [-0.2, -0.15) is 0 Å². The maximum absolute atomic E-state index is 13.9. The molecule has 1 atom stereocenters. The molecule has 2 aromatic carbocycles. The fourth-order valence-electron chi connectivity index (χ4n) is 4.88. The standard InChI is InChI=1S/C24H27N7O/c1-30-21-13-7-6-12-19(21)26-22(30)20(16-18-10-4-2-5-11-18)27-23(32)24(14-8-3-9-15-24)31-17-25-28-29-31/h2,4-7,10-13,17,20H,3,8-9,14-16H2,1H3,(H,27,32)/t20-/m1/s1. The zero-order valence-corrected chi connectivity index (χ0v) is 18.2. The first kappa shape index (κ1) is 20.4. The second-order valence-electron chi connectivity index (χ2n) is 8.58. The van der Waals surface area contributed by atoms with Crippen LogP contribution >= 0.6 is 0 Å². The molecule has 1 fully saturated rings. The van der Waals surface area contributed by atoms with Gasteiger partial charge in [-0.05, 0) is 47.4 Å². The van der Waals surface area contributed by atoms with E-state index in [1.165, 1.54) is 0 Å². The molecule has 1 aliphatic carbocycles. The van der Waals surface area contributed by atoms with E-state index in [2.05, 4.69) is 43.6 Å². The number of imidazole rings is 1. The average Bonchev–Trinajstić information content (AvgIpc) is 3.49. The van der Waals surface area contributed by atoms with Crippen molar-refractivity contribution in [2.45, 2.75) is 50.1 Å². The summed E-state index contributed by atoms with van der Waals surface area (Å²) in [6.45, 7) is 0. The summed E-state index contributed by atoms with van der Waals surface area (Å²) < 4.78 is 3.73. The molecule has 0 spiro atoms. The lowest BCUT2D eigenvalue weighted by molar-refractivity contribution is -0.133. The van der Waals surface area contributed by atoms with Crippen molar-refractivity contribution in [2.24, 2.45) is 7.05 Å². The smallest absolute Gasteiger partial charge is 0.248 e. The molecule has 32 heavy (non-hydrogen) atoms. The first-order valence-electron chi connectivity index (χ1n) is 11.2. The van der Waals surface area contributed by atoms with Gasteiger partial charge in [0.05, 0.1) is 17.1 Å². The Labute approximate surface area is 186 Å². The minimum absolute atomic E-state index is 0.0440. The van der Waals surface area contributed by atoms with E-state index in [9.17, 15) is 4.79 Å². The lowest BCUT2D eigenvalue weighted by atomic mass is 9.80. The number of para-hydroxylation sites is 2. The minimum Gasteiger partial charge on any atom is -0.344 e. The van der Waals surface area contributed by atoms with E-state index >= 15 is 0 Å². The predicted octanol–water partition coefficient (Wildman–Crippen LogP) is 3.32. The third-order valence-electron chi connectivity index (χ3n) is 6.61. The highest BCUT2D eigenvalue weighted by atomic mass is 16.2. The van der Waals surface area contributed by atoms with Crippen LogP contribution in [-0.4, -0.2) is 35.7 Å². The molecule has 0 saturated heterocycles. The minimum atomic E-state index is -0.763. The Kier molecular flexibility index (Phi) is 5.43. The normalized spacial score (nSPS) is 16.7. The third-order valence-corrected chi connectivity index (χ3v) is 6.61. The van der Waals surface area contributed by atoms with Crippen LogP contribution in [0.5, 0.6) is 0 Å². The highest BCUT2D eigenvalue weighted by Crippen LogP contribution is 2.35. The number of amides is 1. The molecule has 8 heteroatoms. The highest BCUT2D eigenvalue weighted by Gasteiger charge is 2.43. The molecule has 0 radical (unpaired) electrons. The van der Waals surface area contributed by atoms with Gasteiger partial charge in [-0.25, -0.2) is 9.67 Å². The molecule has 1 amide bonds. The Bertz CT molecular complexity index is 1190. The molecule has 1 N–H and O–H groups in total. The van der Waals surface area contributed by atoms with Gasteiger partial charge in [-0.15, -0.1) is 5.10 Å². The molecule has 0 aliphatic heterocycles. The van der Waals surface area contributed by atoms with Gasteiger partial charge in [0.2, 0.25) is 5.91 Å². The summed E-state index contributed by atoms with van der Waals surface area (Å²) in [6, 6.07) is 18.0. The molecule has 0 unspecified atom stereocenters. The quantitative estimate of drug-likeness (QED) is 0.508. The predicted molar refractivity (Wildman–Crippen MR) is 121 cm³/mol. The SMILES string of the molecule is Cn1c([C@@H](Cc2ccccc2)NC(=O)C2(n3cnnn3)CCCCC2)nc2ccccc21. The summed E-state index contributed by atoms with van der Waals surface area (Å²) in [7, 11) is 2.01. The molecule has 5 rings (SSSR count). The van der Waals surface area contributed by atoms with Gasteiger partial charge in [0, 0.05) is 7.05 Å². The molecule has 2 aromatic heterocycles. The molecule has 4 aromatic rings. The number of rotatable bonds is 6. The molecule has 8 nitrogen and oxygen atoms in total. The van der Waals surface area contributed by atoms with Gasteiger partial charge in [0.1, 0.15) is 17.7 Å². The van der Waals surface area contributed by atoms with Crippen molar-refractivity contribution < 1.29 is 4.79 Å². The van der Waals surface area contributed by atoms with Crippen LogP contribution in [0.3, 0.4) is 0 Å². The van der Waals surface area contributed by atoms with Gasteiger partial charge in [0.25, 0.3) is 0 Å². The van der Waals surface area contributed by atoms with Crippen LogP contribution in [0.4, 0.5) is 0 Å². The molecule has 1 aliphatic rings. The van der Waals surface area contributed by atoms with Crippen molar-refractivity contribution in [3.63, 3.8) is 0 Å². The number of tetrazole rings is 1. The summed E-state index contributed by atoms with van der Waals surface area (Å²) in [5, 5.41) is 15.1. The Morgan fingerprint density at radius 1 is 1.06 bits per heavy atom. The molecular formula is C24H27N7O. The van der Waals surface area contributed by atoms with Crippen LogP contribution in [0.1, 0.15) is 49.5 Å². The van der Waals surface area contributed by atoms with E-state index in [0.717, 1.165) is 54.5 Å². The molecular weight excluding hydrogens is 402 g/mol. The Morgan fingerprint density at radius 2 is 1.81 bits per heavy atom. The van der Waals surface area contributed by atoms with Crippen LogP contribution < -0.4 is 5.32 Å². The van der Waals surface area contributed by atoms with Crippen molar-refractivity contribution in [2.75, 3.05) is 0 Å². The maximum atomic E-state index is 13.9. The zero-order chi connectivity index (χ0) is 22.0. The summed E-state index contributed by atoms with van der Waals surface area (Å²) >= 11 is 0.